The molecule has 1 saturated carbocycles. The lowest BCUT2D eigenvalue weighted by Crippen LogP contribution is -2.44. The summed E-state index contributed by atoms with van der Waals surface area (Å²) in [5.74, 6) is 1.77. The van der Waals surface area contributed by atoms with Crippen LogP contribution >= 0.6 is 0 Å². The monoisotopic (exact) mass is 552 g/mol. The molecule has 0 aromatic heterocycles. The highest BCUT2D eigenvalue weighted by Gasteiger charge is 2.50. The van der Waals surface area contributed by atoms with Crippen LogP contribution in [0.2, 0.25) is 0 Å². The van der Waals surface area contributed by atoms with E-state index in [-0.39, 0.29) is 11.5 Å². The maximum absolute atomic E-state index is 6.63. The normalized spacial score (nSPS) is 23.8. The first kappa shape index (κ1) is 27.3. The first-order chi connectivity index (χ1) is 20.2. The summed E-state index contributed by atoms with van der Waals surface area (Å²) in [6.45, 7) is 11.5. The minimum Gasteiger partial charge on any atom is -0.492 e. The molecule has 3 aromatic carbocycles. The molecule has 2 fully saturated rings. The van der Waals surface area contributed by atoms with E-state index in [0.717, 1.165) is 25.0 Å². The van der Waals surface area contributed by atoms with Crippen LogP contribution in [-0.4, -0.2) is 6.10 Å². The molecule has 4 aliphatic rings. The van der Waals surface area contributed by atoms with Crippen molar-refractivity contribution in [2.24, 2.45) is 10.8 Å². The van der Waals surface area contributed by atoms with Crippen molar-refractivity contribution >= 4 is 16.3 Å². The van der Waals surface area contributed by atoms with E-state index in [0.29, 0.717) is 11.3 Å². The van der Waals surface area contributed by atoms with Crippen LogP contribution < -0.4 is 0 Å². The summed E-state index contributed by atoms with van der Waals surface area (Å²) < 4.78 is 6.63. The molecule has 42 heavy (non-hydrogen) atoms. The fourth-order valence-corrected chi connectivity index (χ4v) is 7.23. The third kappa shape index (κ3) is 4.81. The molecule has 0 bridgehead atoms. The number of hydrogen-bond acceptors (Lipinski definition) is 1. The van der Waals surface area contributed by atoms with Crippen LogP contribution in [0.15, 0.2) is 114 Å². The number of fused-ring (bicyclic) bond motifs is 3. The molecule has 3 aliphatic carbocycles. The second-order valence-corrected chi connectivity index (χ2v) is 14.5. The van der Waals surface area contributed by atoms with Gasteiger partial charge in [-0.1, -0.05) is 124 Å². The van der Waals surface area contributed by atoms with Crippen molar-refractivity contribution in [3.63, 3.8) is 0 Å². The second kappa shape index (κ2) is 10.3. The third-order valence-electron chi connectivity index (χ3n) is 10.1. The Morgan fingerprint density at radius 1 is 0.905 bits per heavy atom. The second-order valence-electron chi connectivity index (χ2n) is 14.5. The molecule has 0 amide bonds. The van der Waals surface area contributed by atoms with E-state index >= 15 is 0 Å². The van der Waals surface area contributed by atoms with Gasteiger partial charge >= 0.3 is 0 Å². The van der Waals surface area contributed by atoms with E-state index < -0.39 is 0 Å². The van der Waals surface area contributed by atoms with Gasteiger partial charge < -0.3 is 4.74 Å². The Balaban J connectivity index is 1.33. The van der Waals surface area contributed by atoms with Crippen molar-refractivity contribution in [3.05, 3.63) is 136 Å². The molecule has 3 aromatic rings. The first-order valence-electron chi connectivity index (χ1n) is 16.0. The molecule has 0 spiro atoms. The van der Waals surface area contributed by atoms with E-state index in [1.54, 1.807) is 0 Å². The fraction of sp³-hybridized carbons (Fsp3) is 0.366. The summed E-state index contributed by atoms with van der Waals surface area (Å²) in [6.07, 6.45) is 19.1. The lowest BCUT2D eigenvalue weighted by Gasteiger charge is -2.47. The first-order valence-corrected chi connectivity index (χ1v) is 16.0. The Morgan fingerprint density at radius 2 is 1.67 bits per heavy atom. The van der Waals surface area contributed by atoms with Gasteiger partial charge in [0.05, 0.1) is 5.41 Å². The highest BCUT2D eigenvalue weighted by Crippen LogP contribution is 2.56. The van der Waals surface area contributed by atoms with Gasteiger partial charge in [-0.25, -0.2) is 0 Å². The topological polar surface area (TPSA) is 9.23 Å². The van der Waals surface area contributed by atoms with Crippen molar-refractivity contribution in [2.75, 3.05) is 0 Å². The lowest BCUT2D eigenvalue weighted by molar-refractivity contribution is -0.0655. The predicted octanol–water partition coefficient (Wildman–Crippen LogP) is 10.8. The molecule has 1 nitrogen and oxygen atoms in total. The van der Waals surface area contributed by atoms with Crippen LogP contribution in [0.4, 0.5) is 0 Å². The minimum absolute atomic E-state index is 0.0988. The van der Waals surface area contributed by atoms with Gasteiger partial charge in [0.25, 0.3) is 0 Å². The quantitative estimate of drug-likeness (QED) is 0.306. The average Bonchev–Trinajstić information content (AvgIpc) is 3.18. The molecule has 1 aliphatic heterocycles. The number of ether oxygens (including phenoxy) is 1. The fourth-order valence-electron chi connectivity index (χ4n) is 7.23. The smallest absolute Gasteiger partial charge is 0.118 e. The van der Waals surface area contributed by atoms with E-state index in [4.69, 9.17) is 4.74 Å². The molecular formula is C41H44O. The van der Waals surface area contributed by atoms with Crippen molar-refractivity contribution in [2.45, 2.75) is 85.2 Å². The van der Waals surface area contributed by atoms with Crippen LogP contribution in [0.5, 0.6) is 0 Å². The number of allylic oxidation sites excluding steroid dienone is 8. The van der Waals surface area contributed by atoms with E-state index in [9.17, 15) is 0 Å². The van der Waals surface area contributed by atoms with Gasteiger partial charge in [-0.2, -0.15) is 0 Å². The van der Waals surface area contributed by atoms with Gasteiger partial charge in [-0.15, -0.1) is 0 Å². The Kier molecular flexibility index (Phi) is 6.69. The molecule has 0 N–H and O–H groups in total. The Hall–Kier alpha value is -3.58. The molecule has 2 atom stereocenters. The summed E-state index contributed by atoms with van der Waals surface area (Å²) in [6, 6.07) is 23.0. The van der Waals surface area contributed by atoms with E-state index in [1.807, 2.05) is 0 Å². The zero-order valence-electron chi connectivity index (χ0n) is 26.0. The summed E-state index contributed by atoms with van der Waals surface area (Å²) >= 11 is 0. The van der Waals surface area contributed by atoms with Gasteiger partial charge in [0.2, 0.25) is 0 Å². The Morgan fingerprint density at radius 3 is 2.38 bits per heavy atom. The lowest BCUT2D eigenvalue weighted by atomic mass is 9.71. The summed E-state index contributed by atoms with van der Waals surface area (Å²) in [5.41, 5.74) is 11.3. The van der Waals surface area contributed by atoms with Gasteiger partial charge in [-0.05, 0) is 101 Å². The maximum Gasteiger partial charge on any atom is 0.118 e. The predicted molar refractivity (Wildman–Crippen MR) is 177 cm³/mol. The summed E-state index contributed by atoms with van der Waals surface area (Å²) in [4.78, 5) is 0. The molecule has 7 rings (SSSR count). The van der Waals surface area contributed by atoms with Crippen LogP contribution in [0.3, 0.4) is 0 Å². The van der Waals surface area contributed by atoms with Gasteiger partial charge in [0.1, 0.15) is 11.9 Å². The number of benzene rings is 3. The molecule has 1 saturated heterocycles. The largest absolute Gasteiger partial charge is 0.492 e. The number of rotatable bonds is 5. The molecule has 2 unspecified atom stereocenters. The van der Waals surface area contributed by atoms with Crippen LogP contribution in [0.25, 0.3) is 16.3 Å². The standard InChI is InChI=1S/C41H44O/c1-27-41(5)24-23-33-19-17-29(25-28-13-15-30(16-14-28)26-40(2,3)4)18-21-36(33)38(39(41)42-27)37-34-12-7-6-9-32(34)20-22-35(37)31-10-8-11-31/h6-7,9,12-16,18-24,27,31H,8,10-11,17,25-26H2,1-5H3. The van der Waals surface area contributed by atoms with Gasteiger partial charge in [0.15, 0.2) is 0 Å². The third-order valence-corrected chi connectivity index (χ3v) is 10.1. The van der Waals surface area contributed by atoms with Gasteiger partial charge in [0, 0.05) is 5.57 Å². The van der Waals surface area contributed by atoms with Crippen molar-refractivity contribution in [1.29, 1.82) is 0 Å². The molecule has 1 heterocycles. The average molecular weight is 553 g/mol. The Bertz CT molecular complexity index is 1690. The zero-order chi connectivity index (χ0) is 29.1. The summed E-state index contributed by atoms with van der Waals surface area (Å²) in [5, 5.41) is 2.65. The minimum atomic E-state index is -0.0988. The van der Waals surface area contributed by atoms with Crippen molar-refractivity contribution in [1.82, 2.24) is 0 Å². The highest BCUT2D eigenvalue weighted by atomic mass is 16.5. The molecule has 1 heteroatoms. The molecule has 214 valence electrons. The van der Waals surface area contributed by atoms with Crippen molar-refractivity contribution in [3.8, 4) is 0 Å². The Labute approximate surface area is 252 Å². The van der Waals surface area contributed by atoms with Crippen LogP contribution in [0, 0.1) is 10.8 Å². The maximum atomic E-state index is 6.63. The summed E-state index contributed by atoms with van der Waals surface area (Å²) in [7, 11) is 0. The van der Waals surface area contributed by atoms with E-state index in [2.05, 4.69) is 126 Å². The zero-order valence-corrected chi connectivity index (χ0v) is 26.0. The molecule has 0 radical (unpaired) electrons. The van der Waals surface area contributed by atoms with Gasteiger partial charge in [-0.3, -0.25) is 0 Å². The van der Waals surface area contributed by atoms with Crippen molar-refractivity contribution < 1.29 is 4.74 Å². The van der Waals surface area contributed by atoms with Crippen LogP contribution in [-0.2, 0) is 17.6 Å². The SMILES string of the molecule is CC1OC2=C(c3c(C4CCC4)ccc4ccccc34)C3=CC=C(Cc4ccc(CC(C)(C)C)cc4)CC=C3C=CC21C. The van der Waals surface area contributed by atoms with Crippen LogP contribution in [0.1, 0.15) is 88.5 Å². The molecular weight excluding hydrogens is 508 g/mol. The number of hydrogen-bond donors (Lipinski definition) is 0. The highest BCUT2D eigenvalue weighted by molar-refractivity contribution is 6.02. The van der Waals surface area contributed by atoms with E-state index in [1.165, 1.54) is 74.6 Å².